The molecular formula is C27H27N3O3. The number of carbonyl (C=O) groups excluding carboxylic acids is 2. The van der Waals surface area contributed by atoms with Gasteiger partial charge in [-0.15, -0.1) is 0 Å². The topological polar surface area (TPSA) is 65.8 Å². The molecule has 3 heterocycles. The van der Waals surface area contributed by atoms with Crippen molar-refractivity contribution >= 4 is 28.8 Å². The largest absolute Gasteiger partial charge is 0.467 e. The summed E-state index contributed by atoms with van der Waals surface area (Å²) in [5, 5.41) is 3.24. The van der Waals surface area contributed by atoms with Crippen LogP contribution in [0.3, 0.4) is 0 Å². The maximum Gasteiger partial charge on any atom is 0.278 e. The molecule has 1 fully saturated rings. The number of imide groups is 1. The van der Waals surface area contributed by atoms with Crippen LogP contribution in [0.25, 0.3) is 5.57 Å². The summed E-state index contributed by atoms with van der Waals surface area (Å²) in [6, 6.07) is 19.2. The minimum Gasteiger partial charge on any atom is -0.467 e. The molecule has 2 amide bonds. The normalized spacial score (nSPS) is 16.6. The zero-order valence-corrected chi connectivity index (χ0v) is 18.7. The number of nitrogens with zero attached hydrogens (tertiary/aromatic N) is 2. The second-order valence-electron chi connectivity index (χ2n) is 8.61. The van der Waals surface area contributed by atoms with E-state index in [1.54, 1.807) is 12.1 Å². The molecule has 0 saturated carbocycles. The molecule has 1 N–H and O–H groups in total. The standard InChI is InChI=1S/C27H27N3O3/c1-19-7-9-20(10-8-19)24-25(27(32)30(26(24)31)18-23-6-5-17-33-23)28-21-11-13-22(14-12-21)29-15-3-2-4-16-29/h5-14,17,28H,2-4,15-16,18H2,1H3. The van der Waals surface area contributed by atoms with Gasteiger partial charge in [0.25, 0.3) is 11.8 Å². The highest BCUT2D eigenvalue weighted by atomic mass is 16.3. The number of amides is 2. The first-order valence-corrected chi connectivity index (χ1v) is 11.4. The number of piperidine rings is 1. The van der Waals surface area contributed by atoms with Gasteiger partial charge < -0.3 is 14.6 Å². The van der Waals surface area contributed by atoms with Gasteiger partial charge in [-0.05, 0) is 68.1 Å². The van der Waals surface area contributed by atoms with Crippen molar-refractivity contribution in [2.24, 2.45) is 0 Å². The predicted octanol–water partition coefficient (Wildman–Crippen LogP) is 4.97. The molecule has 1 aromatic heterocycles. The number of hydrogen-bond acceptors (Lipinski definition) is 5. The minimum atomic E-state index is -0.355. The zero-order valence-electron chi connectivity index (χ0n) is 18.7. The zero-order chi connectivity index (χ0) is 22.8. The second kappa shape index (κ2) is 8.98. The molecule has 2 aliphatic rings. The Morgan fingerprint density at radius 3 is 2.27 bits per heavy atom. The van der Waals surface area contributed by atoms with Crippen molar-refractivity contribution in [2.45, 2.75) is 32.7 Å². The molecule has 5 rings (SSSR count). The van der Waals surface area contributed by atoms with Crippen molar-refractivity contribution in [3.63, 3.8) is 0 Å². The Balaban J connectivity index is 1.45. The molecule has 6 nitrogen and oxygen atoms in total. The number of benzene rings is 2. The van der Waals surface area contributed by atoms with E-state index in [-0.39, 0.29) is 18.4 Å². The van der Waals surface area contributed by atoms with Crippen molar-refractivity contribution in [3.05, 3.63) is 89.5 Å². The highest BCUT2D eigenvalue weighted by Gasteiger charge is 2.39. The maximum absolute atomic E-state index is 13.3. The van der Waals surface area contributed by atoms with E-state index in [1.165, 1.54) is 36.1 Å². The van der Waals surface area contributed by atoms with Gasteiger partial charge in [-0.25, -0.2) is 0 Å². The fourth-order valence-corrected chi connectivity index (χ4v) is 4.43. The van der Waals surface area contributed by atoms with Crippen LogP contribution in [0.5, 0.6) is 0 Å². The third-order valence-corrected chi connectivity index (χ3v) is 6.26. The van der Waals surface area contributed by atoms with Crippen LogP contribution in [0.4, 0.5) is 11.4 Å². The van der Waals surface area contributed by atoms with Gasteiger partial charge in [0.05, 0.1) is 18.4 Å². The number of hydrogen-bond donors (Lipinski definition) is 1. The number of aryl methyl sites for hydroxylation is 1. The number of nitrogens with one attached hydrogen (secondary N) is 1. The van der Waals surface area contributed by atoms with E-state index >= 15 is 0 Å². The molecular weight excluding hydrogens is 414 g/mol. The smallest absolute Gasteiger partial charge is 0.278 e. The number of rotatable bonds is 6. The Kier molecular flexibility index (Phi) is 5.73. The van der Waals surface area contributed by atoms with Crippen molar-refractivity contribution in [1.29, 1.82) is 0 Å². The monoisotopic (exact) mass is 441 g/mol. The lowest BCUT2D eigenvalue weighted by Crippen LogP contribution is -2.31. The Morgan fingerprint density at radius 2 is 1.61 bits per heavy atom. The highest BCUT2D eigenvalue weighted by molar-refractivity contribution is 6.36. The predicted molar refractivity (Wildman–Crippen MR) is 128 cm³/mol. The summed E-state index contributed by atoms with van der Waals surface area (Å²) in [6.07, 6.45) is 5.26. The van der Waals surface area contributed by atoms with E-state index in [0.717, 1.165) is 24.3 Å². The van der Waals surface area contributed by atoms with Crippen LogP contribution in [-0.4, -0.2) is 29.8 Å². The average Bonchev–Trinajstić information content (AvgIpc) is 3.44. The SMILES string of the molecule is Cc1ccc(C2=C(Nc3ccc(N4CCCCC4)cc3)C(=O)N(Cc3ccco3)C2=O)cc1. The van der Waals surface area contributed by atoms with Crippen LogP contribution in [0.15, 0.2) is 77.0 Å². The molecule has 6 heteroatoms. The number of furan rings is 1. The fraction of sp³-hybridized carbons (Fsp3) is 0.259. The van der Waals surface area contributed by atoms with Gasteiger partial charge in [-0.3, -0.25) is 14.5 Å². The van der Waals surface area contributed by atoms with Gasteiger partial charge in [0, 0.05) is 24.5 Å². The molecule has 0 bridgehead atoms. The van der Waals surface area contributed by atoms with E-state index in [4.69, 9.17) is 4.42 Å². The lowest BCUT2D eigenvalue weighted by Gasteiger charge is -2.28. The van der Waals surface area contributed by atoms with Gasteiger partial charge in [0.15, 0.2) is 0 Å². The summed E-state index contributed by atoms with van der Waals surface area (Å²) < 4.78 is 5.38. The van der Waals surface area contributed by atoms with Gasteiger partial charge in [-0.2, -0.15) is 0 Å². The summed E-state index contributed by atoms with van der Waals surface area (Å²) >= 11 is 0. The van der Waals surface area contributed by atoms with Gasteiger partial charge in [0.1, 0.15) is 11.5 Å². The molecule has 2 aliphatic heterocycles. The van der Waals surface area contributed by atoms with E-state index in [9.17, 15) is 9.59 Å². The van der Waals surface area contributed by atoms with E-state index in [0.29, 0.717) is 22.6 Å². The van der Waals surface area contributed by atoms with Gasteiger partial charge >= 0.3 is 0 Å². The molecule has 2 aromatic carbocycles. The molecule has 3 aromatic rings. The molecule has 33 heavy (non-hydrogen) atoms. The van der Waals surface area contributed by atoms with E-state index in [1.807, 2.05) is 43.3 Å². The molecule has 0 aliphatic carbocycles. The maximum atomic E-state index is 13.3. The van der Waals surface area contributed by atoms with Gasteiger partial charge in [0.2, 0.25) is 0 Å². The highest BCUT2D eigenvalue weighted by Crippen LogP contribution is 2.32. The first-order chi connectivity index (χ1) is 16.1. The first kappa shape index (κ1) is 21.1. The lowest BCUT2D eigenvalue weighted by atomic mass is 10.0. The van der Waals surface area contributed by atoms with Crippen LogP contribution in [0.2, 0.25) is 0 Å². The Morgan fingerprint density at radius 1 is 0.879 bits per heavy atom. The quantitative estimate of drug-likeness (QED) is 0.547. The average molecular weight is 442 g/mol. The summed E-state index contributed by atoms with van der Waals surface area (Å²) in [5.41, 5.74) is 4.44. The molecule has 168 valence electrons. The van der Waals surface area contributed by atoms with Crippen molar-refractivity contribution in [3.8, 4) is 0 Å². The number of anilines is 2. The minimum absolute atomic E-state index is 0.0963. The lowest BCUT2D eigenvalue weighted by molar-refractivity contribution is -0.137. The van der Waals surface area contributed by atoms with Crippen LogP contribution < -0.4 is 10.2 Å². The van der Waals surface area contributed by atoms with Crippen molar-refractivity contribution in [2.75, 3.05) is 23.3 Å². The molecule has 0 radical (unpaired) electrons. The molecule has 0 atom stereocenters. The van der Waals surface area contributed by atoms with Gasteiger partial charge in [-0.1, -0.05) is 29.8 Å². The second-order valence-corrected chi connectivity index (χ2v) is 8.61. The Bertz CT molecular complexity index is 1170. The summed E-state index contributed by atoms with van der Waals surface area (Å²) in [5.74, 6) is -0.119. The van der Waals surface area contributed by atoms with Crippen molar-refractivity contribution in [1.82, 2.24) is 4.90 Å². The van der Waals surface area contributed by atoms with E-state index in [2.05, 4.69) is 22.3 Å². The van der Waals surface area contributed by atoms with Crippen molar-refractivity contribution < 1.29 is 14.0 Å². The third-order valence-electron chi connectivity index (χ3n) is 6.26. The third kappa shape index (κ3) is 4.29. The Hall–Kier alpha value is -3.80. The van der Waals surface area contributed by atoms with Crippen LogP contribution in [0, 0.1) is 6.92 Å². The summed E-state index contributed by atoms with van der Waals surface area (Å²) in [4.78, 5) is 30.3. The number of carbonyl (C=O) groups is 2. The van der Waals surface area contributed by atoms with Crippen LogP contribution in [0.1, 0.15) is 36.1 Å². The molecule has 0 spiro atoms. The molecule has 0 unspecified atom stereocenters. The first-order valence-electron chi connectivity index (χ1n) is 11.4. The fourth-order valence-electron chi connectivity index (χ4n) is 4.43. The van der Waals surface area contributed by atoms with E-state index < -0.39 is 0 Å². The summed E-state index contributed by atoms with van der Waals surface area (Å²) in [7, 11) is 0. The summed E-state index contributed by atoms with van der Waals surface area (Å²) in [6.45, 7) is 4.24. The van der Waals surface area contributed by atoms with Crippen LogP contribution in [-0.2, 0) is 16.1 Å². The molecule has 1 saturated heterocycles. The van der Waals surface area contributed by atoms with Crippen LogP contribution >= 0.6 is 0 Å². The Labute approximate surface area is 193 Å².